The molecule has 20 heavy (non-hydrogen) atoms. The number of likely N-dealkylation sites (tertiary alicyclic amines) is 1. The summed E-state index contributed by atoms with van der Waals surface area (Å²) < 4.78 is 1.39. The van der Waals surface area contributed by atoms with Gasteiger partial charge in [0.25, 0.3) is 5.56 Å². The van der Waals surface area contributed by atoms with Crippen molar-refractivity contribution in [2.75, 3.05) is 13.1 Å². The summed E-state index contributed by atoms with van der Waals surface area (Å²) in [7, 11) is 0. The SMILES string of the molecule is Cc1ccc(C#N)c(=O)n1CC(=O)N1CCCCCC1. The van der Waals surface area contributed by atoms with E-state index in [4.69, 9.17) is 5.26 Å². The molecule has 1 aromatic heterocycles. The van der Waals surface area contributed by atoms with Crippen LogP contribution in [0.4, 0.5) is 0 Å². The van der Waals surface area contributed by atoms with Gasteiger partial charge in [0, 0.05) is 18.8 Å². The van der Waals surface area contributed by atoms with Crippen molar-refractivity contribution in [1.82, 2.24) is 9.47 Å². The Morgan fingerprint density at radius 1 is 1.25 bits per heavy atom. The van der Waals surface area contributed by atoms with E-state index in [-0.39, 0.29) is 23.6 Å². The second kappa shape index (κ2) is 6.38. The van der Waals surface area contributed by atoms with E-state index in [1.54, 1.807) is 13.0 Å². The van der Waals surface area contributed by atoms with E-state index in [1.165, 1.54) is 10.6 Å². The molecular formula is C15H19N3O2. The third-order valence-corrected chi connectivity index (χ3v) is 3.77. The Balaban J connectivity index is 2.19. The number of pyridine rings is 1. The molecule has 0 unspecified atom stereocenters. The standard InChI is InChI=1S/C15H19N3O2/c1-12-6-7-13(10-16)15(20)18(12)11-14(19)17-8-4-2-3-5-9-17/h6-7H,2-5,8-9,11H2,1H3. The fraction of sp³-hybridized carbons (Fsp3) is 0.533. The van der Waals surface area contributed by atoms with Crippen LogP contribution in [0, 0.1) is 18.3 Å². The fourth-order valence-electron chi connectivity index (χ4n) is 2.51. The number of nitrogens with zero attached hydrogens (tertiary/aromatic N) is 3. The molecule has 1 amide bonds. The van der Waals surface area contributed by atoms with Gasteiger partial charge in [-0.2, -0.15) is 5.26 Å². The molecule has 106 valence electrons. The van der Waals surface area contributed by atoms with E-state index in [0.717, 1.165) is 38.8 Å². The number of rotatable bonds is 2. The summed E-state index contributed by atoms with van der Waals surface area (Å²) in [5.74, 6) is -0.0350. The summed E-state index contributed by atoms with van der Waals surface area (Å²) in [4.78, 5) is 26.2. The number of carbonyl (C=O) groups excluding carboxylic acids is 1. The van der Waals surface area contributed by atoms with Gasteiger partial charge in [-0.25, -0.2) is 0 Å². The summed E-state index contributed by atoms with van der Waals surface area (Å²) in [5.41, 5.74) is 0.409. The Kier molecular flexibility index (Phi) is 4.57. The first-order chi connectivity index (χ1) is 9.63. The van der Waals surface area contributed by atoms with Crippen molar-refractivity contribution in [3.8, 4) is 6.07 Å². The monoisotopic (exact) mass is 273 g/mol. The van der Waals surface area contributed by atoms with Gasteiger partial charge in [-0.05, 0) is 31.9 Å². The second-order valence-electron chi connectivity index (χ2n) is 5.19. The van der Waals surface area contributed by atoms with Crippen molar-refractivity contribution in [1.29, 1.82) is 5.26 Å². The summed E-state index contributed by atoms with van der Waals surface area (Å²) in [6.07, 6.45) is 4.37. The quantitative estimate of drug-likeness (QED) is 0.818. The smallest absolute Gasteiger partial charge is 0.269 e. The molecule has 0 atom stereocenters. The molecule has 1 aliphatic heterocycles. The van der Waals surface area contributed by atoms with Crippen LogP contribution in [0.5, 0.6) is 0 Å². The number of amides is 1. The first-order valence-corrected chi connectivity index (χ1v) is 7.02. The number of hydrogen-bond donors (Lipinski definition) is 0. The van der Waals surface area contributed by atoms with Crippen LogP contribution < -0.4 is 5.56 Å². The topological polar surface area (TPSA) is 66.1 Å². The first kappa shape index (κ1) is 14.3. The van der Waals surface area contributed by atoms with Crippen LogP contribution in [0.1, 0.15) is 36.9 Å². The molecule has 0 N–H and O–H groups in total. The molecule has 0 saturated carbocycles. The zero-order chi connectivity index (χ0) is 14.5. The van der Waals surface area contributed by atoms with Crippen molar-refractivity contribution >= 4 is 5.91 Å². The lowest BCUT2D eigenvalue weighted by atomic mass is 10.2. The van der Waals surface area contributed by atoms with Gasteiger partial charge in [0.05, 0.1) is 0 Å². The van der Waals surface area contributed by atoms with Crippen LogP contribution in [-0.4, -0.2) is 28.5 Å². The predicted octanol–water partition coefficient (Wildman–Crippen LogP) is 1.43. The molecule has 1 aliphatic rings. The third kappa shape index (κ3) is 3.08. The maximum Gasteiger partial charge on any atom is 0.269 e. The Hall–Kier alpha value is -2.09. The fourth-order valence-corrected chi connectivity index (χ4v) is 2.51. The molecule has 0 aliphatic carbocycles. The predicted molar refractivity (Wildman–Crippen MR) is 75.2 cm³/mol. The highest BCUT2D eigenvalue weighted by Gasteiger charge is 2.17. The zero-order valence-electron chi connectivity index (χ0n) is 11.8. The van der Waals surface area contributed by atoms with E-state index in [9.17, 15) is 9.59 Å². The average molecular weight is 273 g/mol. The largest absolute Gasteiger partial charge is 0.341 e. The van der Waals surface area contributed by atoms with Gasteiger partial charge in [-0.1, -0.05) is 12.8 Å². The minimum atomic E-state index is -0.379. The summed E-state index contributed by atoms with van der Waals surface area (Å²) >= 11 is 0. The van der Waals surface area contributed by atoms with Crippen LogP contribution in [0.15, 0.2) is 16.9 Å². The Morgan fingerprint density at radius 3 is 2.50 bits per heavy atom. The van der Waals surface area contributed by atoms with Gasteiger partial charge >= 0.3 is 0 Å². The highest BCUT2D eigenvalue weighted by molar-refractivity contribution is 5.76. The van der Waals surface area contributed by atoms with E-state index < -0.39 is 0 Å². The van der Waals surface area contributed by atoms with Crippen molar-refractivity contribution in [2.24, 2.45) is 0 Å². The molecule has 5 heteroatoms. The van der Waals surface area contributed by atoms with Crippen LogP contribution >= 0.6 is 0 Å². The van der Waals surface area contributed by atoms with E-state index in [0.29, 0.717) is 5.69 Å². The van der Waals surface area contributed by atoms with Gasteiger partial charge < -0.3 is 9.47 Å². The lowest BCUT2D eigenvalue weighted by Crippen LogP contribution is -2.38. The van der Waals surface area contributed by atoms with Crippen LogP contribution in [0.25, 0.3) is 0 Å². The summed E-state index contributed by atoms with van der Waals surface area (Å²) in [6.45, 7) is 3.34. The van der Waals surface area contributed by atoms with E-state index in [1.807, 2.05) is 11.0 Å². The summed E-state index contributed by atoms with van der Waals surface area (Å²) in [6, 6.07) is 5.08. The minimum absolute atomic E-state index is 0.0280. The maximum absolute atomic E-state index is 12.3. The van der Waals surface area contributed by atoms with Gasteiger partial charge in [0.1, 0.15) is 18.2 Å². The molecular weight excluding hydrogens is 254 g/mol. The number of hydrogen-bond acceptors (Lipinski definition) is 3. The van der Waals surface area contributed by atoms with Crippen molar-refractivity contribution in [3.63, 3.8) is 0 Å². The molecule has 0 radical (unpaired) electrons. The lowest BCUT2D eigenvalue weighted by Gasteiger charge is -2.21. The Labute approximate surface area is 118 Å². The second-order valence-corrected chi connectivity index (χ2v) is 5.19. The van der Waals surface area contributed by atoms with Crippen LogP contribution in [0.2, 0.25) is 0 Å². The minimum Gasteiger partial charge on any atom is -0.341 e. The van der Waals surface area contributed by atoms with Gasteiger partial charge in [0.2, 0.25) is 5.91 Å². The zero-order valence-corrected chi connectivity index (χ0v) is 11.8. The Morgan fingerprint density at radius 2 is 1.90 bits per heavy atom. The molecule has 1 fully saturated rings. The molecule has 2 rings (SSSR count). The van der Waals surface area contributed by atoms with Crippen LogP contribution in [-0.2, 0) is 11.3 Å². The number of nitriles is 1. The first-order valence-electron chi connectivity index (χ1n) is 7.02. The highest BCUT2D eigenvalue weighted by atomic mass is 16.2. The van der Waals surface area contributed by atoms with E-state index >= 15 is 0 Å². The van der Waals surface area contributed by atoms with Gasteiger partial charge in [-0.15, -0.1) is 0 Å². The number of aromatic nitrogens is 1. The highest BCUT2D eigenvalue weighted by Crippen LogP contribution is 2.10. The van der Waals surface area contributed by atoms with Crippen LogP contribution in [0.3, 0.4) is 0 Å². The molecule has 0 spiro atoms. The molecule has 0 bridgehead atoms. The molecule has 0 aromatic carbocycles. The van der Waals surface area contributed by atoms with Gasteiger partial charge in [0.15, 0.2) is 0 Å². The van der Waals surface area contributed by atoms with Gasteiger partial charge in [-0.3, -0.25) is 9.59 Å². The lowest BCUT2D eigenvalue weighted by molar-refractivity contribution is -0.131. The average Bonchev–Trinajstić information content (AvgIpc) is 2.72. The maximum atomic E-state index is 12.3. The normalized spacial score (nSPS) is 15.5. The van der Waals surface area contributed by atoms with Crippen molar-refractivity contribution < 1.29 is 4.79 Å². The number of carbonyl (C=O) groups is 1. The van der Waals surface area contributed by atoms with Crippen molar-refractivity contribution in [2.45, 2.75) is 39.2 Å². The molecule has 2 heterocycles. The summed E-state index contributed by atoms with van der Waals surface area (Å²) in [5, 5.41) is 8.90. The van der Waals surface area contributed by atoms with Crippen molar-refractivity contribution in [3.05, 3.63) is 33.7 Å². The third-order valence-electron chi connectivity index (χ3n) is 3.77. The number of aryl methyl sites for hydroxylation is 1. The molecule has 1 aromatic rings. The van der Waals surface area contributed by atoms with E-state index in [2.05, 4.69) is 0 Å². The Bertz CT molecular complexity index is 590. The molecule has 5 nitrogen and oxygen atoms in total. The molecule has 1 saturated heterocycles.